The van der Waals surface area contributed by atoms with E-state index in [2.05, 4.69) is 5.32 Å². The predicted octanol–water partition coefficient (Wildman–Crippen LogP) is 1.71. The summed E-state index contributed by atoms with van der Waals surface area (Å²) in [7, 11) is 0. The average Bonchev–Trinajstić information content (AvgIpc) is 2.67. The molecule has 0 aliphatic carbocycles. The number of rotatable bonds is 7. The third-order valence-corrected chi connectivity index (χ3v) is 5.15. The van der Waals surface area contributed by atoms with Crippen molar-refractivity contribution in [3.63, 3.8) is 0 Å². The monoisotopic (exact) mass is 390 g/mol. The summed E-state index contributed by atoms with van der Waals surface area (Å²) in [6.45, 7) is 8.28. The second-order valence-corrected chi connectivity index (χ2v) is 8.07. The number of ether oxygens (including phenoxy) is 1. The lowest BCUT2D eigenvalue weighted by molar-refractivity contribution is -0.157. The molecule has 2 atom stereocenters. The van der Waals surface area contributed by atoms with Crippen LogP contribution in [-0.4, -0.2) is 59.6 Å². The van der Waals surface area contributed by atoms with Crippen molar-refractivity contribution in [2.75, 3.05) is 19.7 Å². The molecule has 1 aliphatic heterocycles. The van der Waals surface area contributed by atoms with Crippen LogP contribution in [0, 0.1) is 11.3 Å². The van der Waals surface area contributed by atoms with Gasteiger partial charge in [-0.05, 0) is 19.4 Å². The first kappa shape index (κ1) is 21.9. The Morgan fingerprint density at radius 2 is 1.89 bits per heavy atom. The zero-order valence-electron chi connectivity index (χ0n) is 17.0. The van der Waals surface area contributed by atoms with E-state index in [1.165, 1.54) is 0 Å². The van der Waals surface area contributed by atoms with E-state index in [0.29, 0.717) is 19.7 Å². The average molecular weight is 390 g/mol. The number of amides is 2. The van der Waals surface area contributed by atoms with Crippen molar-refractivity contribution in [2.24, 2.45) is 11.3 Å². The van der Waals surface area contributed by atoms with Crippen LogP contribution in [-0.2, 0) is 25.5 Å². The highest BCUT2D eigenvalue weighted by molar-refractivity contribution is 5.87. The Kier molecular flexibility index (Phi) is 7.18. The van der Waals surface area contributed by atoms with Gasteiger partial charge in [0.15, 0.2) is 0 Å². The van der Waals surface area contributed by atoms with Gasteiger partial charge in [-0.1, -0.05) is 44.2 Å². The minimum atomic E-state index is -1.09. The van der Waals surface area contributed by atoms with E-state index < -0.39 is 29.4 Å². The number of nitrogens with zero attached hydrogens (tertiary/aromatic N) is 1. The number of carbonyl (C=O) groups excluding carboxylic acids is 2. The quantitative estimate of drug-likeness (QED) is 0.739. The molecular weight excluding hydrogens is 360 g/mol. The first-order chi connectivity index (χ1) is 13.1. The number of hydrogen-bond acceptors (Lipinski definition) is 4. The van der Waals surface area contributed by atoms with Gasteiger partial charge in [0.1, 0.15) is 6.04 Å². The Morgan fingerprint density at radius 1 is 1.25 bits per heavy atom. The molecule has 0 saturated carbocycles. The van der Waals surface area contributed by atoms with Crippen LogP contribution in [0.2, 0.25) is 0 Å². The van der Waals surface area contributed by atoms with E-state index in [0.717, 1.165) is 5.56 Å². The smallest absolute Gasteiger partial charge is 0.326 e. The number of hydrogen-bond donors (Lipinski definition) is 2. The molecule has 1 heterocycles. The van der Waals surface area contributed by atoms with E-state index in [1.54, 1.807) is 18.7 Å². The highest BCUT2D eigenvalue weighted by Gasteiger charge is 2.42. The van der Waals surface area contributed by atoms with Crippen molar-refractivity contribution < 1.29 is 24.2 Å². The van der Waals surface area contributed by atoms with Gasteiger partial charge in [-0.15, -0.1) is 0 Å². The van der Waals surface area contributed by atoms with Crippen LogP contribution < -0.4 is 5.32 Å². The number of carboxylic acid groups (broad SMARTS) is 1. The van der Waals surface area contributed by atoms with Gasteiger partial charge in [0.05, 0.1) is 18.1 Å². The second kappa shape index (κ2) is 9.19. The van der Waals surface area contributed by atoms with Crippen LogP contribution in [0.3, 0.4) is 0 Å². The molecular formula is C21H30N2O5. The second-order valence-electron chi connectivity index (χ2n) is 8.07. The SMILES string of the molecule is CC(C)C(=O)N1CCOC(C(C)(C)C(=O)NC(Cc2ccccc2)C(=O)O)C1. The number of aliphatic carboxylic acids is 1. The first-order valence-electron chi connectivity index (χ1n) is 9.61. The van der Waals surface area contributed by atoms with Crippen molar-refractivity contribution in [1.29, 1.82) is 0 Å². The molecule has 1 aliphatic rings. The summed E-state index contributed by atoms with van der Waals surface area (Å²) >= 11 is 0. The molecule has 7 heteroatoms. The maximum Gasteiger partial charge on any atom is 0.326 e. The van der Waals surface area contributed by atoms with Crippen LogP contribution in [0.5, 0.6) is 0 Å². The zero-order chi connectivity index (χ0) is 20.9. The molecule has 2 rings (SSSR count). The van der Waals surface area contributed by atoms with E-state index >= 15 is 0 Å². The van der Waals surface area contributed by atoms with Crippen molar-refractivity contribution in [3.8, 4) is 0 Å². The number of carbonyl (C=O) groups is 3. The topological polar surface area (TPSA) is 95.9 Å². The third-order valence-electron chi connectivity index (χ3n) is 5.15. The fourth-order valence-electron chi connectivity index (χ4n) is 3.19. The lowest BCUT2D eigenvalue weighted by atomic mass is 9.83. The molecule has 1 aromatic rings. The van der Waals surface area contributed by atoms with Gasteiger partial charge in [0.25, 0.3) is 0 Å². The molecule has 0 bridgehead atoms. The van der Waals surface area contributed by atoms with Gasteiger partial charge in [0.2, 0.25) is 11.8 Å². The summed E-state index contributed by atoms with van der Waals surface area (Å²) in [6.07, 6.45) is -0.309. The summed E-state index contributed by atoms with van der Waals surface area (Å²) in [5.41, 5.74) is -0.157. The normalized spacial score (nSPS) is 18.6. The maximum absolute atomic E-state index is 12.9. The largest absolute Gasteiger partial charge is 0.480 e. The summed E-state index contributed by atoms with van der Waals surface area (Å²) in [4.78, 5) is 38.6. The van der Waals surface area contributed by atoms with Crippen molar-refractivity contribution >= 4 is 17.8 Å². The summed E-state index contributed by atoms with van der Waals surface area (Å²) in [5, 5.41) is 12.2. The highest BCUT2D eigenvalue weighted by Crippen LogP contribution is 2.27. The first-order valence-corrected chi connectivity index (χ1v) is 9.61. The highest BCUT2D eigenvalue weighted by atomic mass is 16.5. The molecule has 0 aromatic heterocycles. The lowest BCUT2D eigenvalue weighted by Gasteiger charge is -2.41. The zero-order valence-corrected chi connectivity index (χ0v) is 17.0. The lowest BCUT2D eigenvalue weighted by Crippen LogP contribution is -2.57. The fraction of sp³-hybridized carbons (Fsp3) is 0.571. The van der Waals surface area contributed by atoms with E-state index in [1.807, 2.05) is 44.2 Å². The van der Waals surface area contributed by atoms with E-state index in [4.69, 9.17) is 4.74 Å². The van der Waals surface area contributed by atoms with Gasteiger partial charge < -0.3 is 20.1 Å². The van der Waals surface area contributed by atoms with Crippen LogP contribution in [0.1, 0.15) is 33.3 Å². The molecule has 2 amide bonds. The van der Waals surface area contributed by atoms with E-state index in [9.17, 15) is 19.5 Å². The molecule has 2 unspecified atom stereocenters. The molecule has 0 radical (unpaired) electrons. The number of morpholine rings is 1. The molecule has 1 saturated heterocycles. The van der Waals surface area contributed by atoms with Gasteiger partial charge in [0, 0.05) is 25.4 Å². The standard InChI is InChI=1S/C21H30N2O5/c1-14(2)18(24)23-10-11-28-17(13-23)21(3,4)20(27)22-16(19(25)26)12-15-8-6-5-7-9-15/h5-9,14,16-17H,10-13H2,1-4H3,(H,22,27)(H,25,26). The van der Waals surface area contributed by atoms with Crippen molar-refractivity contribution in [1.82, 2.24) is 10.2 Å². The molecule has 2 N–H and O–H groups in total. The summed E-state index contributed by atoms with van der Waals surface area (Å²) < 4.78 is 5.78. The minimum Gasteiger partial charge on any atom is -0.480 e. The molecule has 7 nitrogen and oxygen atoms in total. The Morgan fingerprint density at radius 3 is 2.46 bits per heavy atom. The summed E-state index contributed by atoms with van der Waals surface area (Å²) in [5.74, 6) is -1.59. The molecule has 154 valence electrons. The van der Waals surface area contributed by atoms with Crippen LogP contribution >= 0.6 is 0 Å². The van der Waals surface area contributed by atoms with Crippen LogP contribution in [0.15, 0.2) is 30.3 Å². The van der Waals surface area contributed by atoms with Crippen molar-refractivity contribution in [3.05, 3.63) is 35.9 Å². The molecule has 1 fully saturated rings. The Labute approximate surface area is 166 Å². The molecule has 28 heavy (non-hydrogen) atoms. The van der Waals surface area contributed by atoms with E-state index in [-0.39, 0.29) is 18.2 Å². The number of nitrogens with one attached hydrogen (secondary N) is 1. The predicted molar refractivity (Wildman–Crippen MR) is 105 cm³/mol. The van der Waals surface area contributed by atoms with Crippen LogP contribution in [0.25, 0.3) is 0 Å². The number of carboxylic acids is 1. The molecule has 1 aromatic carbocycles. The van der Waals surface area contributed by atoms with Crippen LogP contribution in [0.4, 0.5) is 0 Å². The summed E-state index contributed by atoms with van der Waals surface area (Å²) in [6, 6.07) is 8.13. The Bertz CT molecular complexity index is 702. The van der Waals surface area contributed by atoms with Gasteiger partial charge in [-0.25, -0.2) is 4.79 Å². The maximum atomic E-state index is 12.9. The minimum absolute atomic E-state index is 0.0250. The van der Waals surface area contributed by atoms with Gasteiger partial charge in [-0.3, -0.25) is 9.59 Å². The van der Waals surface area contributed by atoms with Crippen molar-refractivity contribution in [2.45, 2.75) is 46.3 Å². The fourth-order valence-corrected chi connectivity index (χ4v) is 3.19. The Hall–Kier alpha value is -2.41. The number of benzene rings is 1. The Balaban J connectivity index is 2.07. The van der Waals surface area contributed by atoms with Gasteiger partial charge >= 0.3 is 5.97 Å². The van der Waals surface area contributed by atoms with Gasteiger partial charge in [-0.2, -0.15) is 0 Å². The molecule has 0 spiro atoms. The third kappa shape index (κ3) is 5.32.